The van der Waals surface area contributed by atoms with Crippen molar-refractivity contribution in [2.45, 2.75) is 53.5 Å². The van der Waals surface area contributed by atoms with E-state index in [4.69, 9.17) is 0 Å². The van der Waals surface area contributed by atoms with E-state index in [-0.39, 0.29) is 18.0 Å². The number of carbonyl (C=O) groups excluding carboxylic acids is 2. The Labute approximate surface area is 169 Å². The number of aryl methyl sites for hydroxylation is 2. The molecule has 1 atom stereocenters. The normalized spacial score (nSPS) is 17.9. The fraction of sp³-hybridized carbons (Fsp3) is 0.476. The highest BCUT2D eigenvalue weighted by Gasteiger charge is 2.38. The summed E-state index contributed by atoms with van der Waals surface area (Å²) in [6.07, 6.45) is 2.66. The van der Waals surface area contributed by atoms with E-state index in [1.54, 1.807) is 6.92 Å². The summed E-state index contributed by atoms with van der Waals surface area (Å²) < 4.78 is 1.92. The number of azo groups is 1. The number of imidazole rings is 1. The van der Waals surface area contributed by atoms with Crippen molar-refractivity contribution < 1.29 is 14.7 Å². The minimum Gasteiger partial charge on any atom is -0.509 e. The molecule has 1 aromatic carbocycles. The number of carbonyl (C=O) groups is 2. The minimum atomic E-state index is -0.824. The second kappa shape index (κ2) is 8.55. The Morgan fingerprint density at radius 3 is 2.55 bits per heavy atom. The van der Waals surface area contributed by atoms with Gasteiger partial charge in [0.2, 0.25) is 11.9 Å². The van der Waals surface area contributed by atoms with Crippen LogP contribution in [0.2, 0.25) is 0 Å². The van der Waals surface area contributed by atoms with Crippen molar-refractivity contribution >= 4 is 28.8 Å². The van der Waals surface area contributed by atoms with Crippen LogP contribution in [-0.4, -0.2) is 37.9 Å². The van der Waals surface area contributed by atoms with Crippen LogP contribution in [0.15, 0.2) is 39.9 Å². The van der Waals surface area contributed by atoms with Gasteiger partial charge in [0.25, 0.3) is 5.91 Å². The molecule has 0 fully saturated rings. The molecule has 0 bridgehead atoms. The number of hydrogen-bond donors (Lipinski definition) is 1. The summed E-state index contributed by atoms with van der Waals surface area (Å²) in [5, 5.41) is 18.5. The van der Waals surface area contributed by atoms with E-state index in [1.807, 2.05) is 24.5 Å². The lowest BCUT2D eigenvalue weighted by molar-refractivity contribution is -0.146. The lowest BCUT2D eigenvalue weighted by atomic mass is 10.0. The third-order valence-electron chi connectivity index (χ3n) is 5.07. The highest BCUT2D eigenvalue weighted by Crippen LogP contribution is 2.28. The fourth-order valence-corrected chi connectivity index (χ4v) is 3.51. The molecule has 2 amide bonds. The van der Waals surface area contributed by atoms with Crippen LogP contribution in [0.4, 0.5) is 5.95 Å². The molecule has 1 unspecified atom stereocenters. The van der Waals surface area contributed by atoms with E-state index >= 15 is 0 Å². The largest absolute Gasteiger partial charge is 0.509 e. The van der Waals surface area contributed by atoms with Crippen molar-refractivity contribution in [2.75, 3.05) is 6.54 Å². The first-order valence-electron chi connectivity index (χ1n) is 10.1. The van der Waals surface area contributed by atoms with Gasteiger partial charge in [-0.25, -0.2) is 4.98 Å². The van der Waals surface area contributed by atoms with Crippen molar-refractivity contribution in [2.24, 2.45) is 16.1 Å². The number of fused-ring (bicyclic) bond motifs is 1. The van der Waals surface area contributed by atoms with Gasteiger partial charge in [-0.1, -0.05) is 26.3 Å². The van der Waals surface area contributed by atoms with E-state index in [2.05, 4.69) is 34.3 Å². The van der Waals surface area contributed by atoms with Crippen molar-refractivity contribution in [3.05, 3.63) is 35.2 Å². The molecule has 3 rings (SSSR count). The van der Waals surface area contributed by atoms with Gasteiger partial charge in [0, 0.05) is 13.1 Å². The molecule has 1 N–H and O–H groups in total. The number of benzene rings is 1. The van der Waals surface area contributed by atoms with Crippen molar-refractivity contribution in [1.82, 2.24) is 14.5 Å². The first-order valence-corrected chi connectivity index (χ1v) is 10.1. The number of aliphatic hydroxyl groups is 1. The smallest absolute Gasteiger partial charge is 0.284 e. The Balaban J connectivity index is 2.01. The minimum absolute atomic E-state index is 0.202. The first kappa shape index (κ1) is 20.7. The predicted molar refractivity (Wildman–Crippen MR) is 110 cm³/mol. The molecule has 2 aromatic rings. The van der Waals surface area contributed by atoms with Crippen molar-refractivity contribution in [3.63, 3.8) is 0 Å². The number of aliphatic hydroxyl groups excluding tert-OH is 1. The van der Waals surface area contributed by atoms with Gasteiger partial charge in [-0.2, -0.15) is 0 Å². The van der Waals surface area contributed by atoms with Gasteiger partial charge in [0.1, 0.15) is 5.76 Å². The Bertz CT molecular complexity index is 1010. The van der Waals surface area contributed by atoms with Gasteiger partial charge >= 0.3 is 0 Å². The molecular formula is C21H27N5O3. The zero-order valence-electron chi connectivity index (χ0n) is 17.3. The molecule has 0 aliphatic carbocycles. The zero-order valence-corrected chi connectivity index (χ0v) is 17.3. The van der Waals surface area contributed by atoms with Crippen molar-refractivity contribution in [3.8, 4) is 0 Å². The summed E-state index contributed by atoms with van der Waals surface area (Å²) in [4.78, 5) is 30.6. The highest BCUT2D eigenvalue weighted by atomic mass is 16.3. The molecule has 0 radical (unpaired) electrons. The second-order valence-electron chi connectivity index (χ2n) is 7.18. The molecule has 0 saturated heterocycles. The summed E-state index contributed by atoms with van der Waals surface area (Å²) >= 11 is 0. The van der Waals surface area contributed by atoms with Crippen molar-refractivity contribution in [1.29, 1.82) is 0 Å². The monoisotopic (exact) mass is 397 g/mol. The second-order valence-corrected chi connectivity index (χ2v) is 7.18. The molecule has 8 heteroatoms. The van der Waals surface area contributed by atoms with E-state index < -0.39 is 17.7 Å². The number of rotatable bonds is 7. The molecule has 0 saturated carbocycles. The topological polar surface area (TPSA) is 100 Å². The van der Waals surface area contributed by atoms with E-state index in [9.17, 15) is 14.7 Å². The van der Waals surface area contributed by atoms with E-state index in [1.165, 1.54) is 5.56 Å². The van der Waals surface area contributed by atoms with Gasteiger partial charge in [-0.05, 0) is 44.4 Å². The van der Waals surface area contributed by atoms with Gasteiger partial charge < -0.3 is 9.67 Å². The summed E-state index contributed by atoms with van der Waals surface area (Å²) in [6.45, 7) is 8.47. The van der Waals surface area contributed by atoms with Gasteiger partial charge in [-0.3, -0.25) is 14.5 Å². The third-order valence-corrected chi connectivity index (χ3v) is 5.07. The molecule has 1 aromatic heterocycles. The summed E-state index contributed by atoms with van der Waals surface area (Å²) in [5.41, 5.74) is 2.78. The molecule has 1 aliphatic heterocycles. The number of nitrogens with zero attached hydrogens (tertiary/aromatic N) is 5. The van der Waals surface area contributed by atoms with Crippen LogP contribution in [0, 0.1) is 5.92 Å². The summed E-state index contributed by atoms with van der Waals surface area (Å²) in [6, 6.07) is 6.10. The van der Waals surface area contributed by atoms with Gasteiger partial charge in [0.05, 0.1) is 17.0 Å². The van der Waals surface area contributed by atoms with Crippen LogP contribution in [-0.2, 0) is 22.6 Å². The highest BCUT2D eigenvalue weighted by molar-refractivity contribution is 6.08. The molecular weight excluding hydrogens is 370 g/mol. The number of aromatic nitrogens is 2. The Hall–Kier alpha value is -3.03. The van der Waals surface area contributed by atoms with Crippen LogP contribution in [0.3, 0.4) is 0 Å². The standard InChI is InChI=1S/C21H27N5O3/c1-5-8-14-9-10-15-16(12-14)25(7-3)21(22-15)24-23-17-18(27)13(4)19(28)26(11-6-2)20(17)29/h9-10,12-13,27H,5-8,11H2,1-4H3. The molecule has 1 aliphatic rings. The van der Waals surface area contributed by atoms with Crippen LogP contribution >= 0.6 is 0 Å². The van der Waals surface area contributed by atoms with Crippen LogP contribution in [0.25, 0.3) is 11.0 Å². The average molecular weight is 397 g/mol. The van der Waals surface area contributed by atoms with Gasteiger partial charge in [0.15, 0.2) is 5.70 Å². The Morgan fingerprint density at radius 1 is 1.14 bits per heavy atom. The predicted octanol–water partition coefficient (Wildman–Crippen LogP) is 4.28. The quantitative estimate of drug-likeness (QED) is 0.557. The van der Waals surface area contributed by atoms with Crippen LogP contribution < -0.4 is 0 Å². The maximum atomic E-state index is 12.7. The molecule has 8 nitrogen and oxygen atoms in total. The average Bonchev–Trinajstić information content (AvgIpc) is 3.06. The van der Waals surface area contributed by atoms with E-state index in [0.29, 0.717) is 18.9 Å². The Kier molecular flexibility index (Phi) is 6.10. The Morgan fingerprint density at radius 2 is 1.90 bits per heavy atom. The van der Waals surface area contributed by atoms with Gasteiger partial charge in [-0.15, -0.1) is 10.2 Å². The SMILES string of the molecule is CCCc1ccc2nc(N=NC3=C(O)C(C)C(=O)N(CCC)C3=O)n(CC)c2c1. The van der Waals surface area contributed by atoms with Crippen LogP contribution in [0.1, 0.15) is 46.1 Å². The molecule has 154 valence electrons. The van der Waals surface area contributed by atoms with Crippen LogP contribution in [0.5, 0.6) is 0 Å². The maximum Gasteiger partial charge on any atom is 0.284 e. The molecule has 0 spiro atoms. The number of imide groups is 1. The summed E-state index contributed by atoms with van der Waals surface area (Å²) in [5.74, 6) is -1.86. The maximum absolute atomic E-state index is 12.7. The number of hydrogen-bond acceptors (Lipinski definition) is 6. The summed E-state index contributed by atoms with van der Waals surface area (Å²) in [7, 11) is 0. The molecule has 2 heterocycles. The zero-order chi connectivity index (χ0) is 21.1. The van der Waals surface area contributed by atoms with E-state index in [0.717, 1.165) is 28.8 Å². The third kappa shape index (κ3) is 3.79. The lowest BCUT2D eigenvalue weighted by Crippen LogP contribution is -2.45. The first-order chi connectivity index (χ1) is 13.9. The molecule has 29 heavy (non-hydrogen) atoms. The lowest BCUT2D eigenvalue weighted by Gasteiger charge is -2.28. The fourth-order valence-electron chi connectivity index (χ4n) is 3.51. The number of amides is 2.